The standard InChI is InChI=1S/C14H28N2O3/c1-9(2)7-6-8-10(3)15-14(19)16-12(5)11(4)13(17)18/h9-12H,6-8H2,1-5H3,(H,17,18)(H2,15,16,19). The molecule has 3 unspecified atom stereocenters. The molecule has 3 N–H and O–H groups in total. The van der Waals surface area contributed by atoms with Crippen LogP contribution in [0.4, 0.5) is 4.79 Å². The number of carboxylic acid groups (broad SMARTS) is 1. The lowest BCUT2D eigenvalue weighted by Crippen LogP contribution is -2.47. The van der Waals surface area contributed by atoms with E-state index >= 15 is 0 Å². The fraction of sp³-hybridized carbons (Fsp3) is 0.857. The molecule has 5 heteroatoms. The maximum atomic E-state index is 11.7. The third-order valence-electron chi connectivity index (χ3n) is 3.29. The molecule has 5 nitrogen and oxygen atoms in total. The van der Waals surface area contributed by atoms with Gasteiger partial charge >= 0.3 is 12.0 Å². The van der Waals surface area contributed by atoms with Crippen molar-refractivity contribution in [3.63, 3.8) is 0 Å². The van der Waals surface area contributed by atoms with Crippen LogP contribution in [0.5, 0.6) is 0 Å². The van der Waals surface area contributed by atoms with Crippen molar-refractivity contribution in [2.75, 3.05) is 0 Å². The van der Waals surface area contributed by atoms with Crippen LogP contribution < -0.4 is 10.6 Å². The van der Waals surface area contributed by atoms with Crippen molar-refractivity contribution >= 4 is 12.0 Å². The third kappa shape index (κ3) is 8.46. The van der Waals surface area contributed by atoms with Gasteiger partial charge in [-0.1, -0.05) is 26.7 Å². The van der Waals surface area contributed by atoms with Gasteiger partial charge in [-0.3, -0.25) is 4.79 Å². The number of hydrogen-bond donors (Lipinski definition) is 3. The summed E-state index contributed by atoms with van der Waals surface area (Å²) in [5.74, 6) is -0.822. The molecular weight excluding hydrogens is 244 g/mol. The lowest BCUT2D eigenvalue weighted by atomic mass is 10.0. The summed E-state index contributed by atoms with van der Waals surface area (Å²) in [6.45, 7) is 9.60. The zero-order chi connectivity index (χ0) is 15.0. The molecule has 0 aromatic carbocycles. The van der Waals surface area contributed by atoms with E-state index in [2.05, 4.69) is 24.5 Å². The Morgan fingerprint density at radius 2 is 1.58 bits per heavy atom. The normalized spacial score (nSPS) is 15.7. The van der Waals surface area contributed by atoms with Gasteiger partial charge in [-0.2, -0.15) is 0 Å². The molecule has 0 aliphatic rings. The molecule has 0 heterocycles. The fourth-order valence-electron chi connectivity index (χ4n) is 1.72. The minimum Gasteiger partial charge on any atom is -0.481 e. The van der Waals surface area contributed by atoms with Crippen molar-refractivity contribution in [3.8, 4) is 0 Å². The van der Waals surface area contributed by atoms with E-state index < -0.39 is 11.9 Å². The number of carboxylic acids is 1. The van der Waals surface area contributed by atoms with Crippen molar-refractivity contribution in [2.24, 2.45) is 11.8 Å². The van der Waals surface area contributed by atoms with Gasteiger partial charge in [0.1, 0.15) is 0 Å². The summed E-state index contributed by atoms with van der Waals surface area (Å²) in [5.41, 5.74) is 0. The molecule has 0 aliphatic carbocycles. The smallest absolute Gasteiger partial charge is 0.315 e. The number of amides is 2. The summed E-state index contributed by atoms with van der Waals surface area (Å²) >= 11 is 0. The highest BCUT2D eigenvalue weighted by atomic mass is 16.4. The first-order chi connectivity index (χ1) is 8.73. The van der Waals surface area contributed by atoms with E-state index in [1.807, 2.05) is 6.92 Å². The average Bonchev–Trinajstić information content (AvgIpc) is 2.26. The second-order valence-corrected chi connectivity index (χ2v) is 5.76. The van der Waals surface area contributed by atoms with Crippen molar-refractivity contribution < 1.29 is 14.7 Å². The molecule has 0 aliphatic heterocycles. The molecule has 0 aromatic rings. The van der Waals surface area contributed by atoms with Crippen LogP contribution in [0.25, 0.3) is 0 Å². The Morgan fingerprint density at radius 3 is 2.05 bits per heavy atom. The maximum Gasteiger partial charge on any atom is 0.315 e. The first-order valence-electron chi connectivity index (χ1n) is 7.03. The zero-order valence-corrected chi connectivity index (χ0v) is 12.7. The van der Waals surface area contributed by atoms with Gasteiger partial charge in [0.05, 0.1) is 5.92 Å². The number of hydrogen-bond acceptors (Lipinski definition) is 2. The number of rotatable bonds is 8. The Balaban J connectivity index is 3.93. The largest absolute Gasteiger partial charge is 0.481 e. The summed E-state index contributed by atoms with van der Waals surface area (Å²) in [7, 11) is 0. The van der Waals surface area contributed by atoms with Gasteiger partial charge in [-0.25, -0.2) is 4.79 Å². The molecule has 0 bridgehead atoms. The van der Waals surface area contributed by atoms with Gasteiger partial charge in [0.25, 0.3) is 0 Å². The van der Waals surface area contributed by atoms with Gasteiger partial charge in [-0.05, 0) is 33.1 Å². The van der Waals surface area contributed by atoms with Crippen molar-refractivity contribution in [2.45, 2.75) is 66.0 Å². The molecule has 0 spiro atoms. The van der Waals surface area contributed by atoms with Crippen LogP contribution in [0.1, 0.15) is 53.9 Å². The van der Waals surface area contributed by atoms with Gasteiger partial charge in [0.2, 0.25) is 0 Å². The summed E-state index contributed by atoms with van der Waals surface area (Å²) < 4.78 is 0. The van der Waals surface area contributed by atoms with E-state index in [0.29, 0.717) is 5.92 Å². The maximum absolute atomic E-state index is 11.7. The first-order valence-corrected chi connectivity index (χ1v) is 7.03. The van der Waals surface area contributed by atoms with Gasteiger partial charge in [-0.15, -0.1) is 0 Å². The highest BCUT2D eigenvalue weighted by Gasteiger charge is 2.21. The van der Waals surface area contributed by atoms with E-state index in [-0.39, 0.29) is 18.1 Å². The van der Waals surface area contributed by atoms with Crippen molar-refractivity contribution in [3.05, 3.63) is 0 Å². The molecule has 0 fully saturated rings. The molecule has 0 saturated heterocycles. The monoisotopic (exact) mass is 272 g/mol. The molecule has 0 saturated carbocycles. The topological polar surface area (TPSA) is 78.4 Å². The second-order valence-electron chi connectivity index (χ2n) is 5.76. The Bertz CT molecular complexity index is 292. The van der Waals surface area contributed by atoms with Gasteiger partial charge in [0, 0.05) is 12.1 Å². The Labute approximate surface area is 116 Å². The summed E-state index contributed by atoms with van der Waals surface area (Å²) in [6.07, 6.45) is 3.18. The van der Waals surface area contributed by atoms with Crippen LogP contribution in [0.2, 0.25) is 0 Å². The highest BCUT2D eigenvalue weighted by molar-refractivity contribution is 5.76. The van der Waals surface area contributed by atoms with Crippen LogP contribution >= 0.6 is 0 Å². The molecule has 0 rings (SSSR count). The van der Waals surface area contributed by atoms with E-state index in [0.717, 1.165) is 19.3 Å². The van der Waals surface area contributed by atoms with Crippen LogP contribution in [0.15, 0.2) is 0 Å². The van der Waals surface area contributed by atoms with Crippen molar-refractivity contribution in [1.82, 2.24) is 10.6 Å². The molecule has 3 atom stereocenters. The van der Waals surface area contributed by atoms with Crippen molar-refractivity contribution in [1.29, 1.82) is 0 Å². The van der Waals surface area contributed by atoms with E-state index in [4.69, 9.17) is 5.11 Å². The van der Waals surface area contributed by atoms with Gasteiger partial charge < -0.3 is 15.7 Å². The number of nitrogens with one attached hydrogen (secondary N) is 2. The number of carbonyl (C=O) groups is 2. The second kappa shape index (κ2) is 8.77. The average molecular weight is 272 g/mol. The van der Waals surface area contributed by atoms with E-state index in [1.54, 1.807) is 13.8 Å². The number of aliphatic carboxylic acids is 1. The Morgan fingerprint density at radius 1 is 1.00 bits per heavy atom. The Kier molecular flexibility index (Phi) is 8.19. The molecule has 0 radical (unpaired) electrons. The molecular formula is C14H28N2O3. The van der Waals surface area contributed by atoms with Crippen LogP contribution in [0, 0.1) is 11.8 Å². The minimum absolute atomic E-state index is 0.103. The van der Waals surface area contributed by atoms with E-state index in [1.165, 1.54) is 0 Å². The predicted molar refractivity (Wildman–Crippen MR) is 76.1 cm³/mol. The summed E-state index contributed by atoms with van der Waals surface area (Å²) in [4.78, 5) is 22.5. The molecule has 19 heavy (non-hydrogen) atoms. The summed E-state index contributed by atoms with van der Waals surface area (Å²) in [5, 5.41) is 14.3. The number of carbonyl (C=O) groups excluding carboxylic acids is 1. The summed E-state index contributed by atoms with van der Waals surface area (Å²) in [6, 6.07) is -0.580. The highest BCUT2D eigenvalue weighted by Crippen LogP contribution is 2.08. The zero-order valence-electron chi connectivity index (χ0n) is 12.7. The Hall–Kier alpha value is -1.26. The van der Waals surface area contributed by atoms with Crippen LogP contribution in [-0.2, 0) is 4.79 Å². The molecule has 2 amide bonds. The minimum atomic E-state index is -0.905. The van der Waals surface area contributed by atoms with Gasteiger partial charge in [0.15, 0.2) is 0 Å². The lowest BCUT2D eigenvalue weighted by Gasteiger charge is -2.20. The first kappa shape index (κ1) is 17.7. The van der Waals surface area contributed by atoms with Crippen LogP contribution in [0.3, 0.4) is 0 Å². The molecule has 112 valence electrons. The van der Waals surface area contributed by atoms with E-state index in [9.17, 15) is 9.59 Å². The SMILES string of the molecule is CC(C)CCCC(C)NC(=O)NC(C)C(C)C(=O)O. The third-order valence-corrected chi connectivity index (χ3v) is 3.29. The predicted octanol–water partition coefficient (Wildman–Crippen LogP) is 2.61. The quantitative estimate of drug-likeness (QED) is 0.635. The fourth-order valence-corrected chi connectivity index (χ4v) is 1.72. The number of urea groups is 1. The lowest BCUT2D eigenvalue weighted by molar-refractivity contribution is -0.141. The molecule has 0 aromatic heterocycles. The van der Waals surface area contributed by atoms with Crippen LogP contribution in [-0.4, -0.2) is 29.2 Å².